The van der Waals surface area contributed by atoms with Gasteiger partial charge in [-0.25, -0.2) is 9.78 Å². The second-order valence-electron chi connectivity index (χ2n) is 7.68. The molecule has 0 spiro atoms. The van der Waals surface area contributed by atoms with E-state index >= 15 is 0 Å². The number of fused-ring (bicyclic) bond motifs is 1. The van der Waals surface area contributed by atoms with E-state index in [9.17, 15) is 19.2 Å². The molecule has 0 radical (unpaired) electrons. The summed E-state index contributed by atoms with van der Waals surface area (Å²) >= 11 is 0. The molecule has 2 heterocycles. The molecule has 0 saturated carbocycles. The Bertz CT molecular complexity index is 1050. The molecule has 9 nitrogen and oxygen atoms in total. The van der Waals surface area contributed by atoms with Crippen molar-refractivity contribution in [1.82, 2.24) is 14.5 Å². The van der Waals surface area contributed by atoms with Crippen LogP contribution in [0.4, 0.5) is 10.5 Å². The molecular formula is C19H22N4O5. The summed E-state index contributed by atoms with van der Waals surface area (Å²) in [7, 11) is 0. The smallest absolute Gasteiger partial charge is 0.424 e. The van der Waals surface area contributed by atoms with Gasteiger partial charge in [-0.05, 0) is 46.2 Å². The van der Waals surface area contributed by atoms with Crippen LogP contribution in [0, 0.1) is 6.92 Å². The van der Waals surface area contributed by atoms with Crippen molar-refractivity contribution < 1.29 is 19.1 Å². The van der Waals surface area contributed by atoms with Gasteiger partial charge in [0.1, 0.15) is 17.5 Å². The quantitative estimate of drug-likeness (QED) is 0.586. The number of nitrogens with two attached hydrogens (primary N) is 1. The van der Waals surface area contributed by atoms with Crippen molar-refractivity contribution in [3.8, 4) is 0 Å². The van der Waals surface area contributed by atoms with Crippen LogP contribution in [0.15, 0.2) is 23.0 Å². The molecule has 3 amide bonds. The second-order valence-corrected chi connectivity index (χ2v) is 7.68. The average Bonchev–Trinajstić information content (AvgIpc) is 2.55. The monoisotopic (exact) mass is 386 g/mol. The second kappa shape index (κ2) is 6.74. The third kappa shape index (κ3) is 3.35. The summed E-state index contributed by atoms with van der Waals surface area (Å²) in [6.07, 6.45) is -1.05. The molecule has 148 valence electrons. The highest BCUT2D eigenvalue weighted by Gasteiger charge is 2.42. The van der Waals surface area contributed by atoms with Crippen molar-refractivity contribution in [2.75, 3.05) is 5.73 Å². The van der Waals surface area contributed by atoms with Crippen molar-refractivity contribution in [3.63, 3.8) is 0 Å². The predicted molar refractivity (Wildman–Crippen MR) is 102 cm³/mol. The molecule has 9 heteroatoms. The van der Waals surface area contributed by atoms with Crippen LogP contribution in [0.2, 0.25) is 0 Å². The molecule has 3 rings (SSSR count). The fourth-order valence-corrected chi connectivity index (χ4v) is 3.25. The van der Waals surface area contributed by atoms with E-state index in [0.717, 1.165) is 0 Å². The van der Waals surface area contributed by atoms with Gasteiger partial charge in [0, 0.05) is 12.1 Å². The highest BCUT2D eigenvalue weighted by atomic mass is 16.6. The van der Waals surface area contributed by atoms with Gasteiger partial charge in [-0.2, -0.15) is 4.90 Å². The van der Waals surface area contributed by atoms with Crippen molar-refractivity contribution in [3.05, 3.63) is 34.4 Å². The lowest BCUT2D eigenvalue weighted by Crippen LogP contribution is -2.52. The van der Waals surface area contributed by atoms with Crippen LogP contribution in [-0.2, 0) is 14.3 Å². The summed E-state index contributed by atoms with van der Waals surface area (Å²) in [4.78, 5) is 55.5. The van der Waals surface area contributed by atoms with Crippen LogP contribution in [0.5, 0.6) is 0 Å². The number of nitrogen functional groups attached to an aromatic ring is 1. The number of carbonyl (C=O) groups excluding carboxylic acids is 3. The number of amides is 3. The Morgan fingerprint density at radius 1 is 1.25 bits per heavy atom. The lowest BCUT2D eigenvalue weighted by Gasteiger charge is -2.32. The zero-order chi connectivity index (χ0) is 20.8. The van der Waals surface area contributed by atoms with E-state index in [1.807, 2.05) is 0 Å². The standard InChI is InChI=1S/C19H22N4O5/c1-10-21-12-7-5-6-11(20)15(12)17(26)22(10)13-8-9-14(24)23(16(13)25)18(27)28-19(2,3)4/h5-7,13H,8-9,20H2,1-4H3. The largest absolute Gasteiger partial charge is 0.443 e. The molecule has 1 aromatic heterocycles. The summed E-state index contributed by atoms with van der Waals surface area (Å²) in [6.45, 7) is 6.48. The molecule has 28 heavy (non-hydrogen) atoms. The van der Waals surface area contributed by atoms with Crippen LogP contribution in [0.1, 0.15) is 45.5 Å². The Hall–Kier alpha value is -3.23. The molecule has 1 unspecified atom stereocenters. The summed E-state index contributed by atoms with van der Waals surface area (Å²) < 4.78 is 6.37. The Morgan fingerprint density at radius 2 is 1.93 bits per heavy atom. The lowest BCUT2D eigenvalue weighted by atomic mass is 10.0. The van der Waals surface area contributed by atoms with E-state index in [1.165, 1.54) is 4.57 Å². The van der Waals surface area contributed by atoms with E-state index in [2.05, 4.69) is 4.98 Å². The number of likely N-dealkylation sites (tertiary alicyclic amines) is 1. The highest BCUT2D eigenvalue weighted by molar-refractivity contribution is 6.11. The molecule has 2 N–H and O–H groups in total. The minimum Gasteiger partial charge on any atom is -0.443 e. The van der Waals surface area contributed by atoms with Crippen molar-refractivity contribution in [2.24, 2.45) is 0 Å². The molecule has 0 aliphatic carbocycles. The van der Waals surface area contributed by atoms with Crippen molar-refractivity contribution in [1.29, 1.82) is 0 Å². The van der Waals surface area contributed by atoms with Crippen LogP contribution in [0.25, 0.3) is 10.9 Å². The zero-order valence-electron chi connectivity index (χ0n) is 16.2. The number of hydrogen-bond acceptors (Lipinski definition) is 7. The molecule has 1 aliphatic heterocycles. The first-order valence-electron chi connectivity index (χ1n) is 8.88. The molecule has 1 saturated heterocycles. The topological polar surface area (TPSA) is 125 Å². The highest BCUT2D eigenvalue weighted by Crippen LogP contribution is 2.27. The van der Waals surface area contributed by atoms with Crippen LogP contribution < -0.4 is 11.3 Å². The van der Waals surface area contributed by atoms with E-state index in [-0.39, 0.29) is 23.9 Å². The van der Waals surface area contributed by atoms with E-state index < -0.39 is 35.1 Å². The first-order valence-corrected chi connectivity index (χ1v) is 8.88. The first-order chi connectivity index (χ1) is 13.0. The number of imide groups is 3. The summed E-state index contributed by atoms with van der Waals surface area (Å²) in [5, 5.41) is 0.196. The normalized spacial score (nSPS) is 17.9. The van der Waals surface area contributed by atoms with Crippen LogP contribution in [-0.4, -0.2) is 38.0 Å². The number of ether oxygens (including phenoxy) is 1. The van der Waals surface area contributed by atoms with Crippen molar-refractivity contribution >= 4 is 34.5 Å². The lowest BCUT2D eigenvalue weighted by molar-refractivity contribution is -0.149. The van der Waals surface area contributed by atoms with Gasteiger partial charge in [0.05, 0.1) is 10.9 Å². The number of hydrogen-bond donors (Lipinski definition) is 1. The van der Waals surface area contributed by atoms with E-state index in [0.29, 0.717) is 16.2 Å². The maximum Gasteiger partial charge on any atom is 0.424 e. The summed E-state index contributed by atoms with van der Waals surface area (Å²) in [5.41, 5.74) is 5.22. The molecule has 1 fully saturated rings. The third-order valence-corrected chi connectivity index (χ3v) is 4.41. The van der Waals surface area contributed by atoms with E-state index in [4.69, 9.17) is 10.5 Å². The fraction of sp³-hybridized carbons (Fsp3) is 0.421. The molecular weight excluding hydrogens is 364 g/mol. The van der Waals surface area contributed by atoms with Gasteiger partial charge < -0.3 is 10.5 Å². The Kier molecular flexibility index (Phi) is 4.70. The third-order valence-electron chi connectivity index (χ3n) is 4.41. The molecule has 1 aromatic carbocycles. The van der Waals surface area contributed by atoms with Crippen LogP contribution in [0.3, 0.4) is 0 Å². The number of aryl methyl sites for hydroxylation is 1. The molecule has 2 aromatic rings. The Labute approximate surface area is 161 Å². The minimum atomic E-state index is -1.05. The van der Waals surface area contributed by atoms with Crippen molar-refractivity contribution in [2.45, 2.75) is 52.2 Å². The summed E-state index contributed by atoms with van der Waals surface area (Å²) in [6, 6.07) is 3.87. The Morgan fingerprint density at radius 3 is 2.57 bits per heavy atom. The van der Waals surface area contributed by atoms with Gasteiger partial charge in [-0.15, -0.1) is 0 Å². The number of anilines is 1. The predicted octanol–water partition coefficient (Wildman–Crippen LogP) is 1.91. The SMILES string of the molecule is Cc1nc2cccc(N)c2c(=O)n1C1CCC(=O)N(C(=O)OC(C)(C)C)C1=O. The molecule has 0 bridgehead atoms. The van der Waals surface area contributed by atoms with Crippen LogP contribution >= 0.6 is 0 Å². The van der Waals surface area contributed by atoms with Gasteiger partial charge in [-0.1, -0.05) is 6.07 Å². The Balaban J connectivity index is 2.08. The molecule has 1 atom stereocenters. The molecule has 1 aliphatic rings. The number of rotatable bonds is 1. The number of piperidine rings is 1. The zero-order valence-corrected chi connectivity index (χ0v) is 16.2. The summed E-state index contributed by atoms with van der Waals surface area (Å²) in [5.74, 6) is -1.18. The van der Waals surface area contributed by atoms with Gasteiger partial charge in [0.15, 0.2) is 0 Å². The fourth-order valence-electron chi connectivity index (χ4n) is 3.25. The first kappa shape index (κ1) is 19.5. The van der Waals surface area contributed by atoms with Gasteiger partial charge in [-0.3, -0.25) is 19.0 Å². The van der Waals surface area contributed by atoms with Gasteiger partial charge in [0.25, 0.3) is 11.5 Å². The van der Waals surface area contributed by atoms with Gasteiger partial charge >= 0.3 is 6.09 Å². The van der Waals surface area contributed by atoms with E-state index in [1.54, 1.807) is 45.9 Å². The van der Waals surface area contributed by atoms with Gasteiger partial charge in [0.2, 0.25) is 5.91 Å². The maximum absolute atomic E-state index is 13.1. The minimum absolute atomic E-state index is 0.0795. The number of aromatic nitrogens is 2. The number of benzene rings is 1. The maximum atomic E-state index is 13.1. The number of nitrogens with zero attached hydrogens (tertiary/aromatic N) is 3. The number of carbonyl (C=O) groups is 3. The average molecular weight is 386 g/mol.